The molecule has 0 unspecified atom stereocenters. The summed E-state index contributed by atoms with van der Waals surface area (Å²) < 4.78 is 10.7. The smallest absolute Gasteiger partial charge is 0.277 e. The van der Waals surface area contributed by atoms with Crippen molar-refractivity contribution in [3.8, 4) is 17.2 Å². The van der Waals surface area contributed by atoms with E-state index in [4.69, 9.17) is 9.15 Å². The molecule has 0 spiro atoms. The third-order valence-corrected chi connectivity index (χ3v) is 4.34. The van der Waals surface area contributed by atoms with Crippen LogP contribution in [0.3, 0.4) is 0 Å². The Hall–Kier alpha value is -2.60. The topological polar surface area (TPSA) is 65.2 Å². The summed E-state index contributed by atoms with van der Waals surface area (Å²) in [6.07, 6.45) is 0. The number of nitrogens with zero attached hydrogens (tertiary/aromatic N) is 2. The summed E-state index contributed by atoms with van der Waals surface area (Å²) in [5.41, 5.74) is 2.59. The number of methoxy groups -OCH3 is 1. The minimum atomic E-state index is -0.00158. The summed E-state index contributed by atoms with van der Waals surface area (Å²) in [4.78, 5) is 12.2. The van der Waals surface area contributed by atoms with Gasteiger partial charge in [0, 0.05) is 11.1 Å². The Bertz CT molecular complexity index is 843. The van der Waals surface area contributed by atoms with Crippen LogP contribution in [0.4, 0.5) is 0 Å². The van der Waals surface area contributed by atoms with Crippen LogP contribution in [0.5, 0.6) is 5.75 Å². The van der Waals surface area contributed by atoms with Gasteiger partial charge in [0.15, 0.2) is 5.78 Å². The van der Waals surface area contributed by atoms with E-state index >= 15 is 0 Å². The van der Waals surface area contributed by atoms with Gasteiger partial charge < -0.3 is 9.15 Å². The summed E-state index contributed by atoms with van der Waals surface area (Å²) in [5.74, 6) is 1.42. The van der Waals surface area contributed by atoms with Gasteiger partial charge in [0.1, 0.15) is 5.75 Å². The molecule has 1 aromatic heterocycles. The van der Waals surface area contributed by atoms with Gasteiger partial charge >= 0.3 is 0 Å². The van der Waals surface area contributed by atoms with Crippen molar-refractivity contribution >= 4 is 17.5 Å². The molecule has 0 N–H and O–H groups in total. The van der Waals surface area contributed by atoms with Gasteiger partial charge in [-0.3, -0.25) is 4.79 Å². The highest BCUT2D eigenvalue weighted by molar-refractivity contribution is 7.99. The minimum Gasteiger partial charge on any atom is -0.497 e. The lowest BCUT2D eigenvalue weighted by atomic mass is 10.1. The number of carbonyl (C=O) groups is 1. The third-order valence-electron chi connectivity index (χ3n) is 3.52. The minimum absolute atomic E-state index is 0.00158. The molecule has 0 radical (unpaired) electrons. The van der Waals surface area contributed by atoms with Crippen LogP contribution in [0, 0.1) is 6.92 Å². The maximum Gasteiger partial charge on any atom is 0.277 e. The van der Waals surface area contributed by atoms with E-state index in [-0.39, 0.29) is 11.5 Å². The summed E-state index contributed by atoms with van der Waals surface area (Å²) >= 11 is 1.23. The lowest BCUT2D eigenvalue weighted by Gasteiger charge is -2.02. The second-order valence-corrected chi connectivity index (χ2v) is 6.05. The predicted octanol–water partition coefficient (Wildman–Crippen LogP) is 4.03. The number of ketones is 1. The fourth-order valence-corrected chi connectivity index (χ4v) is 2.83. The molecule has 0 aliphatic heterocycles. The molecule has 0 aliphatic rings. The first kappa shape index (κ1) is 16.3. The second kappa shape index (κ2) is 7.31. The van der Waals surface area contributed by atoms with E-state index in [2.05, 4.69) is 10.2 Å². The third kappa shape index (κ3) is 3.65. The molecule has 24 heavy (non-hydrogen) atoms. The molecular formula is C18H16N2O3S. The fourth-order valence-electron chi connectivity index (χ4n) is 2.18. The molecule has 6 heteroatoms. The first-order chi connectivity index (χ1) is 11.7. The Morgan fingerprint density at radius 2 is 1.88 bits per heavy atom. The van der Waals surface area contributed by atoms with E-state index in [1.165, 1.54) is 11.8 Å². The van der Waals surface area contributed by atoms with Crippen LogP contribution < -0.4 is 4.74 Å². The first-order valence-corrected chi connectivity index (χ1v) is 8.35. The van der Waals surface area contributed by atoms with Gasteiger partial charge in [-0.25, -0.2) is 0 Å². The molecular weight excluding hydrogens is 324 g/mol. The number of rotatable bonds is 6. The maximum atomic E-state index is 12.2. The highest BCUT2D eigenvalue weighted by Gasteiger charge is 2.13. The quantitative estimate of drug-likeness (QED) is 0.499. The fraction of sp³-hybridized carbons (Fsp3) is 0.167. The summed E-state index contributed by atoms with van der Waals surface area (Å²) in [6, 6.07) is 14.8. The van der Waals surface area contributed by atoms with E-state index in [1.807, 2.05) is 31.2 Å². The molecule has 122 valence electrons. The van der Waals surface area contributed by atoms with Crippen LogP contribution >= 0.6 is 11.8 Å². The van der Waals surface area contributed by atoms with Crippen molar-refractivity contribution in [2.75, 3.05) is 12.9 Å². The number of hydrogen-bond acceptors (Lipinski definition) is 6. The van der Waals surface area contributed by atoms with Gasteiger partial charge in [0.05, 0.1) is 12.9 Å². The molecule has 0 fully saturated rings. The number of carbonyl (C=O) groups excluding carboxylic acids is 1. The molecule has 1 heterocycles. The average molecular weight is 340 g/mol. The molecule has 0 amide bonds. The molecule has 0 aliphatic carbocycles. The SMILES string of the molecule is COc1ccc(C(=O)CSc2nnc(-c3ccccc3C)o2)cc1. The van der Waals surface area contributed by atoms with Crippen molar-refractivity contribution in [1.82, 2.24) is 10.2 Å². The zero-order chi connectivity index (χ0) is 16.9. The Balaban J connectivity index is 1.65. The van der Waals surface area contributed by atoms with Crippen LogP contribution in [-0.4, -0.2) is 28.8 Å². The molecule has 0 saturated heterocycles. The lowest BCUT2D eigenvalue weighted by molar-refractivity contribution is 0.102. The van der Waals surface area contributed by atoms with Crippen molar-refractivity contribution in [2.24, 2.45) is 0 Å². The van der Waals surface area contributed by atoms with E-state index in [9.17, 15) is 4.79 Å². The summed E-state index contributed by atoms with van der Waals surface area (Å²) in [5, 5.41) is 8.44. The Kier molecular flexibility index (Phi) is 4.96. The van der Waals surface area contributed by atoms with Crippen LogP contribution in [0.1, 0.15) is 15.9 Å². The van der Waals surface area contributed by atoms with Crippen molar-refractivity contribution in [3.05, 3.63) is 59.7 Å². The zero-order valence-electron chi connectivity index (χ0n) is 13.4. The largest absolute Gasteiger partial charge is 0.497 e. The van der Waals surface area contributed by atoms with Gasteiger partial charge in [-0.1, -0.05) is 30.0 Å². The van der Waals surface area contributed by atoms with Crippen molar-refractivity contribution in [3.63, 3.8) is 0 Å². The molecule has 0 bridgehead atoms. The summed E-state index contributed by atoms with van der Waals surface area (Å²) in [7, 11) is 1.59. The van der Waals surface area contributed by atoms with E-state index in [0.717, 1.165) is 16.9 Å². The number of aryl methyl sites for hydroxylation is 1. The number of Topliss-reactive ketones (excluding diaryl/α,β-unsaturated/α-hetero) is 1. The van der Waals surface area contributed by atoms with E-state index in [0.29, 0.717) is 16.7 Å². The predicted molar refractivity (Wildman–Crippen MR) is 92.5 cm³/mol. The number of hydrogen-bond donors (Lipinski definition) is 0. The van der Waals surface area contributed by atoms with Crippen molar-refractivity contribution < 1.29 is 13.9 Å². The Morgan fingerprint density at radius 1 is 1.12 bits per heavy atom. The number of thioether (sulfide) groups is 1. The number of ether oxygens (including phenoxy) is 1. The van der Waals surface area contributed by atoms with Gasteiger partial charge in [0.25, 0.3) is 5.22 Å². The monoisotopic (exact) mass is 340 g/mol. The number of aromatic nitrogens is 2. The maximum absolute atomic E-state index is 12.2. The second-order valence-electron chi connectivity index (χ2n) is 5.13. The molecule has 2 aromatic carbocycles. The van der Waals surface area contributed by atoms with Gasteiger partial charge in [0.2, 0.25) is 5.89 Å². The van der Waals surface area contributed by atoms with Crippen LogP contribution in [0.2, 0.25) is 0 Å². The van der Waals surface area contributed by atoms with Crippen LogP contribution in [0.25, 0.3) is 11.5 Å². The number of benzene rings is 2. The first-order valence-electron chi connectivity index (χ1n) is 7.37. The standard InChI is InChI=1S/C18H16N2O3S/c1-12-5-3-4-6-15(12)17-19-20-18(23-17)24-11-16(21)13-7-9-14(22-2)10-8-13/h3-10H,11H2,1-2H3. The molecule has 0 atom stereocenters. The molecule has 0 saturated carbocycles. The van der Waals surface area contributed by atoms with Gasteiger partial charge in [-0.15, -0.1) is 10.2 Å². The molecule has 3 rings (SSSR count). The van der Waals surface area contributed by atoms with Gasteiger partial charge in [-0.05, 0) is 42.8 Å². The van der Waals surface area contributed by atoms with Crippen LogP contribution in [-0.2, 0) is 0 Å². The average Bonchev–Trinajstić information content (AvgIpc) is 3.09. The highest BCUT2D eigenvalue weighted by atomic mass is 32.2. The van der Waals surface area contributed by atoms with E-state index < -0.39 is 0 Å². The van der Waals surface area contributed by atoms with E-state index in [1.54, 1.807) is 31.4 Å². The lowest BCUT2D eigenvalue weighted by Crippen LogP contribution is -2.02. The molecule has 3 aromatic rings. The highest BCUT2D eigenvalue weighted by Crippen LogP contribution is 2.26. The Labute approximate surface area is 144 Å². The summed E-state index contributed by atoms with van der Waals surface area (Å²) in [6.45, 7) is 1.99. The van der Waals surface area contributed by atoms with Crippen molar-refractivity contribution in [1.29, 1.82) is 0 Å². The normalized spacial score (nSPS) is 10.6. The van der Waals surface area contributed by atoms with Gasteiger partial charge in [-0.2, -0.15) is 0 Å². The Morgan fingerprint density at radius 3 is 2.58 bits per heavy atom. The van der Waals surface area contributed by atoms with Crippen LogP contribution in [0.15, 0.2) is 58.2 Å². The zero-order valence-corrected chi connectivity index (χ0v) is 14.2. The molecule has 5 nitrogen and oxygen atoms in total. The van der Waals surface area contributed by atoms with Crippen molar-refractivity contribution in [2.45, 2.75) is 12.1 Å².